The van der Waals surface area contributed by atoms with E-state index >= 15 is 0 Å². The molecule has 70 valence electrons. The van der Waals surface area contributed by atoms with Gasteiger partial charge in [-0.3, -0.25) is 4.79 Å². The zero-order valence-electron chi connectivity index (χ0n) is 7.21. The van der Waals surface area contributed by atoms with E-state index in [2.05, 4.69) is 0 Å². The Balaban J connectivity index is 2.91. The van der Waals surface area contributed by atoms with Crippen molar-refractivity contribution in [2.45, 2.75) is 13.5 Å². The number of carbonyl (C=O) groups is 1. The maximum Gasteiger partial charge on any atom is 0.308 e. The summed E-state index contributed by atoms with van der Waals surface area (Å²) in [6.07, 6.45) is 0. The number of nitrogens with two attached hydrogens (primary N) is 1. The van der Waals surface area contributed by atoms with Crippen LogP contribution >= 0.6 is 11.6 Å². The molecule has 0 heterocycles. The first-order valence-electron chi connectivity index (χ1n) is 3.80. The Hall–Kier alpha value is -1.06. The largest absolute Gasteiger partial charge is 0.425 e. The standard InChI is InChI=1S/C9H10ClNO2/c1-6(12)13-9-3-2-7(5-11)4-8(9)10/h2-4H,5,11H2,1H3. The van der Waals surface area contributed by atoms with Gasteiger partial charge in [-0.15, -0.1) is 0 Å². The normalized spacial score (nSPS) is 9.77. The molecule has 0 bridgehead atoms. The van der Waals surface area contributed by atoms with Crippen LogP contribution in [0.15, 0.2) is 18.2 Å². The molecule has 1 aromatic rings. The first kappa shape index (κ1) is 10.0. The lowest BCUT2D eigenvalue weighted by molar-refractivity contribution is -0.131. The monoisotopic (exact) mass is 199 g/mol. The van der Waals surface area contributed by atoms with E-state index < -0.39 is 0 Å². The van der Waals surface area contributed by atoms with Crippen LogP contribution in [0.2, 0.25) is 5.02 Å². The minimum absolute atomic E-state index is 0.367. The smallest absolute Gasteiger partial charge is 0.308 e. The highest BCUT2D eigenvalue weighted by molar-refractivity contribution is 6.32. The van der Waals surface area contributed by atoms with Crippen molar-refractivity contribution in [1.29, 1.82) is 0 Å². The Bertz CT molecular complexity index is 325. The molecule has 0 atom stereocenters. The number of rotatable bonds is 2. The summed E-state index contributed by atoms with van der Waals surface area (Å²) in [5.41, 5.74) is 6.31. The summed E-state index contributed by atoms with van der Waals surface area (Å²) >= 11 is 5.82. The number of hydrogen-bond donors (Lipinski definition) is 1. The van der Waals surface area contributed by atoms with E-state index in [9.17, 15) is 4.79 Å². The maximum atomic E-state index is 10.6. The van der Waals surface area contributed by atoms with Gasteiger partial charge in [0.1, 0.15) is 5.75 Å². The first-order chi connectivity index (χ1) is 6.13. The number of hydrogen-bond acceptors (Lipinski definition) is 3. The van der Waals surface area contributed by atoms with E-state index in [0.29, 0.717) is 17.3 Å². The van der Waals surface area contributed by atoms with Gasteiger partial charge < -0.3 is 10.5 Å². The molecule has 3 nitrogen and oxygen atoms in total. The molecule has 0 aliphatic heterocycles. The van der Waals surface area contributed by atoms with Gasteiger partial charge in [-0.25, -0.2) is 0 Å². The highest BCUT2D eigenvalue weighted by atomic mass is 35.5. The van der Waals surface area contributed by atoms with Crippen molar-refractivity contribution < 1.29 is 9.53 Å². The number of carbonyl (C=O) groups excluding carboxylic acids is 1. The molecular formula is C9H10ClNO2. The summed E-state index contributed by atoms with van der Waals surface area (Å²) in [7, 11) is 0. The van der Waals surface area contributed by atoms with Crippen LogP contribution in [0.5, 0.6) is 5.75 Å². The van der Waals surface area contributed by atoms with Crippen LogP contribution in [0.4, 0.5) is 0 Å². The van der Waals surface area contributed by atoms with E-state index in [0.717, 1.165) is 5.56 Å². The summed E-state index contributed by atoms with van der Waals surface area (Å²) in [5, 5.41) is 0.401. The van der Waals surface area contributed by atoms with Crippen molar-refractivity contribution in [2.75, 3.05) is 0 Å². The summed E-state index contributed by atoms with van der Waals surface area (Å²) in [4.78, 5) is 10.6. The molecule has 13 heavy (non-hydrogen) atoms. The zero-order valence-corrected chi connectivity index (χ0v) is 7.97. The predicted molar refractivity (Wildman–Crippen MR) is 50.7 cm³/mol. The van der Waals surface area contributed by atoms with Gasteiger partial charge in [-0.2, -0.15) is 0 Å². The maximum absolute atomic E-state index is 10.6. The second-order valence-corrected chi connectivity index (χ2v) is 2.97. The molecule has 1 aromatic carbocycles. The number of esters is 1. The van der Waals surface area contributed by atoms with E-state index in [1.165, 1.54) is 6.92 Å². The summed E-state index contributed by atoms with van der Waals surface area (Å²) in [6.45, 7) is 1.74. The van der Waals surface area contributed by atoms with Crippen LogP contribution in [0.25, 0.3) is 0 Å². The molecule has 0 spiro atoms. The van der Waals surface area contributed by atoms with Crippen molar-refractivity contribution in [3.8, 4) is 5.75 Å². The molecule has 0 amide bonds. The highest BCUT2D eigenvalue weighted by Gasteiger charge is 2.04. The molecule has 0 saturated carbocycles. The third-order valence-corrected chi connectivity index (χ3v) is 1.78. The third kappa shape index (κ3) is 2.72. The quantitative estimate of drug-likeness (QED) is 0.583. The number of halogens is 1. The van der Waals surface area contributed by atoms with Gasteiger partial charge in [0.25, 0.3) is 0 Å². The molecule has 1 rings (SSSR count). The van der Waals surface area contributed by atoms with Gasteiger partial charge in [-0.1, -0.05) is 17.7 Å². The fourth-order valence-corrected chi connectivity index (χ4v) is 1.15. The van der Waals surface area contributed by atoms with Gasteiger partial charge in [0.2, 0.25) is 0 Å². The van der Waals surface area contributed by atoms with Gasteiger partial charge in [0.05, 0.1) is 5.02 Å². The van der Waals surface area contributed by atoms with Crippen LogP contribution in [-0.4, -0.2) is 5.97 Å². The summed E-state index contributed by atoms with van der Waals surface area (Å²) in [6, 6.07) is 5.08. The van der Waals surface area contributed by atoms with Crippen LogP contribution < -0.4 is 10.5 Å². The second kappa shape index (κ2) is 4.25. The molecule has 0 aromatic heterocycles. The molecule has 0 unspecified atom stereocenters. The molecule has 0 aliphatic carbocycles. The van der Waals surface area contributed by atoms with Crippen molar-refractivity contribution >= 4 is 17.6 Å². The van der Waals surface area contributed by atoms with Gasteiger partial charge in [0, 0.05) is 13.5 Å². The molecular weight excluding hydrogens is 190 g/mol. The van der Waals surface area contributed by atoms with E-state index in [1.54, 1.807) is 18.2 Å². The molecule has 0 aliphatic rings. The van der Waals surface area contributed by atoms with Crippen LogP contribution in [0.1, 0.15) is 12.5 Å². The third-order valence-electron chi connectivity index (χ3n) is 1.49. The summed E-state index contributed by atoms with van der Waals surface area (Å²) < 4.78 is 4.83. The molecule has 4 heteroatoms. The van der Waals surface area contributed by atoms with E-state index in [-0.39, 0.29) is 5.97 Å². The lowest BCUT2D eigenvalue weighted by Gasteiger charge is -2.04. The predicted octanol–water partition coefficient (Wildman–Crippen LogP) is 1.72. The number of ether oxygens (including phenoxy) is 1. The Kier molecular flexibility index (Phi) is 3.28. The fraction of sp³-hybridized carbons (Fsp3) is 0.222. The van der Waals surface area contributed by atoms with Gasteiger partial charge in [0.15, 0.2) is 0 Å². The average Bonchev–Trinajstić information content (AvgIpc) is 2.08. The van der Waals surface area contributed by atoms with Crippen molar-refractivity contribution in [3.05, 3.63) is 28.8 Å². The Morgan fingerprint density at radius 1 is 1.62 bits per heavy atom. The lowest BCUT2D eigenvalue weighted by Crippen LogP contribution is -2.02. The molecule has 0 radical (unpaired) electrons. The van der Waals surface area contributed by atoms with Crippen LogP contribution in [-0.2, 0) is 11.3 Å². The Labute approximate surface area is 81.4 Å². The highest BCUT2D eigenvalue weighted by Crippen LogP contribution is 2.25. The van der Waals surface area contributed by atoms with Crippen LogP contribution in [0, 0.1) is 0 Å². The first-order valence-corrected chi connectivity index (χ1v) is 4.18. The van der Waals surface area contributed by atoms with Crippen LogP contribution in [0.3, 0.4) is 0 Å². The van der Waals surface area contributed by atoms with Crippen molar-refractivity contribution in [2.24, 2.45) is 5.73 Å². The van der Waals surface area contributed by atoms with Gasteiger partial charge >= 0.3 is 5.97 Å². The Morgan fingerprint density at radius 3 is 2.77 bits per heavy atom. The molecule has 0 fully saturated rings. The second-order valence-electron chi connectivity index (χ2n) is 2.56. The van der Waals surface area contributed by atoms with Gasteiger partial charge in [-0.05, 0) is 17.7 Å². The van der Waals surface area contributed by atoms with E-state index in [1.807, 2.05) is 0 Å². The minimum Gasteiger partial charge on any atom is -0.425 e. The van der Waals surface area contributed by atoms with Crippen molar-refractivity contribution in [3.63, 3.8) is 0 Å². The number of benzene rings is 1. The Morgan fingerprint density at radius 2 is 2.31 bits per heavy atom. The minimum atomic E-state index is -0.387. The average molecular weight is 200 g/mol. The molecule has 0 saturated heterocycles. The lowest BCUT2D eigenvalue weighted by atomic mass is 10.2. The summed E-state index contributed by atoms with van der Waals surface area (Å²) in [5.74, 6) is -0.0197. The van der Waals surface area contributed by atoms with Crippen molar-refractivity contribution in [1.82, 2.24) is 0 Å². The zero-order chi connectivity index (χ0) is 9.84. The molecule has 2 N–H and O–H groups in total. The SMILES string of the molecule is CC(=O)Oc1ccc(CN)cc1Cl. The topological polar surface area (TPSA) is 52.3 Å². The van der Waals surface area contributed by atoms with E-state index in [4.69, 9.17) is 22.1 Å². The fourth-order valence-electron chi connectivity index (χ4n) is 0.909.